The molecule has 316 valence electrons. The summed E-state index contributed by atoms with van der Waals surface area (Å²) >= 11 is 0. The molecule has 0 spiro atoms. The summed E-state index contributed by atoms with van der Waals surface area (Å²) in [6.07, 6.45) is -17.7. The fourth-order valence-corrected chi connectivity index (χ4v) is 2.17. The van der Waals surface area contributed by atoms with Crippen molar-refractivity contribution in [2.45, 2.75) is 72.1 Å². The van der Waals surface area contributed by atoms with Crippen LogP contribution in [-0.4, -0.2) is 216 Å². The molecule has 0 aromatic heterocycles. The first-order valence-electron chi connectivity index (χ1n) is 12.7. The van der Waals surface area contributed by atoms with Crippen LogP contribution in [0, 0.1) is 0 Å². The van der Waals surface area contributed by atoms with Crippen molar-refractivity contribution in [1.29, 1.82) is 0 Å². The molecule has 0 saturated carbocycles. The summed E-state index contributed by atoms with van der Waals surface area (Å²) in [4.78, 5) is 74.7. The Morgan fingerprint density at radius 2 is 0.558 bits per heavy atom. The minimum atomic E-state index is -4.64. The Kier molecular flexibility index (Phi) is 28.5. The number of nitrogens with two attached hydrogens (primary N) is 6. The Bertz CT molecular complexity index is 998. The lowest BCUT2D eigenvalue weighted by atomic mass is 9.98. The molecule has 0 aliphatic heterocycles. The summed E-state index contributed by atoms with van der Waals surface area (Å²) in [5.41, 5.74) is 19.9. The SMILES string of the molecule is NC(=O)[C@@](N)(O)[C@H](O)[C@@H](O)[C@@H](O)CO.NC(=O)[C@@](N)(O)[C@H](O)[C@@H](O)[C@@H](O)CO.NC(=O)[C@](N)(O)[C@@H](O)[C@H](O)[C@H](O)CO.O=P(O)(O)O.O=P(O)(O)O. The lowest BCUT2D eigenvalue weighted by Gasteiger charge is -2.30. The number of carbonyl (C=O) groups is 3. The Hall–Kier alpha value is -2.09. The van der Waals surface area contributed by atoms with Crippen molar-refractivity contribution in [3.8, 4) is 0 Å². The van der Waals surface area contributed by atoms with Crippen LogP contribution in [0.25, 0.3) is 0 Å². The van der Waals surface area contributed by atoms with E-state index in [1.807, 2.05) is 0 Å². The first-order chi connectivity index (χ1) is 22.7. The average molecular weight is 827 g/mol. The van der Waals surface area contributed by atoms with Gasteiger partial charge in [0.25, 0.3) is 17.7 Å². The number of carbonyl (C=O) groups excluding carboxylic acids is 3. The van der Waals surface area contributed by atoms with E-state index in [1.54, 1.807) is 0 Å². The molecule has 0 radical (unpaired) electrons. The third-order valence-corrected chi connectivity index (χ3v) is 5.25. The van der Waals surface area contributed by atoms with Gasteiger partial charge in [-0.2, -0.15) is 0 Å². The maximum absolute atomic E-state index is 10.5. The molecular weight excluding hydrogens is 778 g/mol. The number of amides is 3. The molecule has 0 aliphatic carbocycles. The van der Waals surface area contributed by atoms with E-state index < -0.39 is 125 Å². The highest BCUT2D eigenvalue weighted by molar-refractivity contribution is 7.45. The van der Waals surface area contributed by atoms with Crippen molar-refractivity contribution in [2.75, 3.05) is 19.8 Å². The number of aliphatic hydroxyl groups is 15. The molecule has 32 nitrogen and oxygen atoms in total. The highest BCUT2D eigenvalue weighted by Gasteiger charge is 2.46. The molecule has 3 amide bonds. The van der Waals surface area contributed by atoms with Gasteiger partial charge in [0.05, 0.1) is 19.8 Å². The van der Waals surface area contributed by atoms with Crippen molar-refractivity contribution in [1.82, 2.24) is 0 Å². The fraction of sp³-hybridized carbons (Fsp3) is 0.833. The molecule has 0 saturated heterocycles. The predicted octanol–water partition coefficient (Wildman–Crippen LogP) is -16.3. The number of hydrogen-bond donors (Lipinski definition) is 27. The van der Waals surface area contributed by atoms with Crippen LogP contribution in [0.5, 0.6) is 0 Å². The van der Waals surface area contributed by atoms with E-state index >= 15 is 0 Å². The first kappa shape index (κ1) is 59.2. The molecule has 33 N–H and O–H groups in total. The second-order valence-electron chi connectivity index (χ2n) is 9.65. The Morgan fingerprint density at radius 3 is 0.635 bits per heavy atom. The van der Waals surface area contributed by atoms with Crippen LogP contribution in [0.4, 0.5) is 0 Å². The van der Waals surface area contributed by atoms with Crippen LogP contribution in [-0.2, 0) is 23.5 Å². The van der Waals surface area contributed by atoms with Crippen molar-refractivity contribution in [3.63, 3.8) is 0 Å². The maximum atomic E-state index is 10.5. The predicted molar refractivity (Wildman–Crippen MR) is 159 cm³/mol. The van der Waals surface area contributed by atoms with E-state index in [9.17, 15) is 14.4 Å². The summed E-state index contributed by atoms with van der Waals surface area (Å²) < 4.78 is 17.8. The standard InChI is InChI=1S/3C6H14N2O6.2H3O4P/c3*7-5(13)6(8,14)4(12)3(11)2(10)1-9;2*1-5(2,3)4/h3*2-4,9-12,14H,1,8H2,(H2,7,13);2*(H3,1,2,3,4)/t3*2-,3-,4+,6-;;/m100../s1. The van der Waals surface area contributed by atoms with E-state index in [-0.39, 0.29) is 0 Å². The first-order valence-corrected chi connectivity index (χ1v) is 15.8. The molecular formula is C18H48N6O26P2. The molecule has 0 fully saturated rings. The molecule has 0 aromatic rings. The van der Waals surface area contributed by atoms with Gasteiger partial charge >= 0.3 is 15.6 Å². The largest absolute Gasteiger partial charge is 0.466 e. The Balaban J connectivity index is -0.000000187. The van der Waals surface area contributed by atoms with E-state index in [1.165, 1.54) is 0 Å². The molecule has 0 aromatic carbocycles. The van der Waals surface area contributed by atoms with Crippen LogP contribution in [0.1, 0.15) is 0 Å². The van der Waals surface area contributed by atoms with Crippen LogP contribution >= 0.6 is 15.6 Å². The van der Waals surface area contributed by atoms with Gasteiger partial charge in [-0.05, 0) is 0 Å². The third-order valence-electron chi connectivity index (χ3n) is 5.25. The summed E-state index contributed by atoms with van der Waals surface area (Å²) in [7, 11) is -9.28. The topological polar surface area (TPSA) is 666 Å². The van der Waals surface area contributed by atoms with Crippen molar-refractivity contribution >= 4 is 33.4 Å². The number of hydrogen-bond acceptors (Lipinski definition) is 23. The quantitative estimate of drug-likeness (QED) is 0.0538. The lowest BCUT2D eigenvalue weighted by Crippen LogP contribution is -2.65. The van der Waals surface area contributed by atoms with Gasteiger partial charge in [0, 0.05) is 0 Å². The molecule has 12 atom stereocenters. The summed E-state index contributed by atoms with van der Waals surface area (Å²) in [6, 6.07) is 0. The van der Waals surface area contributed by atoms with Gasteiger partial charge in [0.2, 0.25) is 17.2 Å². The minimum absolute atomic E-state index is 0.868. The molecule has 0 rings (SSSR count). The van der Waals surface area contributed by atoms with Crippen molar-refractivity contribution in [3.05, 3.63) is 0 Å². The van der Waals surface area contributed by atoms with Crippen LogP contribution in [0.3, 0.4) is 0 Å². The third kappa shape index (κ3) is 25.8. The minimum Gasteiger partial charge on any atom is -0.394 e. The van der Waals surface area contributed by atoms with Gasteiger partial charge in [0.1, 0.15) is 54.9 Å². The molecule has 0 bridgehead atoms. The lowest BCUT2D eigenvalue weighted by molar-refractivity contribution is -0.172. The van der Waals surface area contributed by atoms with Crippen LogP contribution in [0.15, 0.2) is 0 Å². The van der Waals surface area contributed by atoms with E-state index in [0.717, 1.165) is 0 Å². The summed E-state index contributed by atoms with van der Waals surface area (Å²) in [6.45, 7) is -2.60. The highest BCUT2D eigenvalue weighted by atomic mass is 31.2. The normalized spacial score (nSPS) is 20.2. The maximum Gasteiger partial charge on any atom is 0.466 e. The zero-order valence-corrected chi connectivity index (χ0v) is 27.9. The average Bonchev–Trinajstić information content (AvgIpc) is 2.99. The number of aliphatic hydroxyl groups excluding tert-OH is 12. The van der Waals surface area contributed by atoms with Gasteiger partial charge in [-0.15, -0.1) is 0 Å². The number of rotatable bonds is 15. The Morgan fingerprint density at radius 1 is 0.442 bits per heavy atom. The second-order valence-corrected chi connectivity index (χ2v) is 11.7. The van der Waals surface area contributed by atoms with Gasteiger partial charge < -0.3 is 123 Å². The highest BCUT2D eigenvalue weighted by Crippen LogP contribution is 2.26. The van der Waals surface area contributed by atoms with Gasteiger partial charge in [-0.1, -0.05) is 0 Å². The molecule has 0 aliphatic rings. The summed E-state index contributed by atoms with van der Waals surface area (Å²) in [5.74, 6) is -4.39. The zero-order valence-electron chi connectivity index (χ0n) is 26.1. The Labute approximate surface area is 289 Å². The van der Waals surface area contributed by atoms with E-state index in [2.05, 4.69) is 17.2 Å². The van der Waals surface area contributed by atoms with Gasteiger partial charge in [0.15, 0.2) is 0 Å². The smallest absolute Gasteiger partial charge is 0.394 e. The summed E-state index contributed by atoms with van der Waals surface area (Å²) in [5, 5.41) is 134. The molecule has 0 heterocycles. The number of phosphoric acid groups is 2. The van der Waals surface area contributed by atoms with Gasteiger partial charge in [-0.3, -0.25) is 31.6 Å². The van der Waals surface area contributed by atoms with Crippen molar-refractivity contribution in [2.24, 2.45) is 34.4 Å². The van der Waals surface area contributed by atoms with E-state index in [0.29, 0.717) is 0 Å². The zero-order chi connectivity index (χ0) is 43.5. The fourth-order valence-electron chi connectivity index (χ4n) is 2.17. The van der Waals surface area contributed by atoms with E-state index in [4.69, 9.17) is 132 Å². The van der Waals surface area contributed by atoms with Crippen LogP contribution in [0.2, 0.25) is 0 Å². The number of primary amides is 3. The van der Waals surface area contributed by atoms with Crippen LogP contribution < -0.4 is 34.4 Å². The second kappa shape index (κ2) is 25.1. The van der Waals surface area contributed by atoms with Gasteiger partial charge in [-0.25, -0.2) is 9.13 Å². The monoisotopic (exact) mass is 826 g/mol. The molecule has 34 heteroatoms. The molecule has 52 heavy (non-hydrogen) atoms. The molecule has 0 unspecified atom stereocenters. The van der Waals surface area contributed by atoms with Crippen molar-refractivity contribution < 1.29 is 129 Å².